The lowest BCUT2D eigenvalue weighted by Gasteiger charge is -1.99. The van der Waals surface area contributed by atoms with Gasteiger partial charge in [0, 0.05) is 5.02 Å². The van der Waals surface area contributed by atoms with Gasteiger partial charge in [-0.1, -0.05) is 23.7 Å². The van der Waals surface area contributed by atoms with Gasteiger partial charge in [0.05, 0.1) is 0 Å². The smallest absolute Gasteiger partial charge is 0.450 e. The van der Waals surface area contributed by atoms with E-state index < -0.39 is 6.16 Å². The average Bonchev–Trinajstić information content (AvgIpc) is 2.03. The maximum absolute atomic E-state index is 9.99. The van der Waals surface area contributed by atoms with Crippen molar-refractivity contribution in [2.24, 2.45) is 0 Å². The van der Waals surface area contributed by atoms with Crippen molar-refractivity contribution in [3.8, 4) is 0 Å². The lowest BCUT2D eigenvalue weighted by Crippen LogP contribution is -1.99. The molecule has 1 N–H and O–H groups in total. The van der Waals surface area contributed by atoms with Crippen LogP contribution in [0.3, 0.4) is 0 Å². The molecule has 0 aliphatic carbocycles. The molecule has 1 aromatic rings. The minimum Gasteiger partial charge on any atom is -0.450 e. The first kappa shape index (κ1) is 12.1. The third-order valence-electron chi connectivity index (χ3n) is 1.28. The zero-order valence-corrected chi connectivity index (χ0v) is 8.14. The first-order valence-corrected chi connectivity index (χ1v) is 3.66. The quantitative estimate of drug-likeness (QED) is 0.784. The summed E-state index contributed by atoms with van der Waals surface area (Å²) in [6.45, 7) is 0.0620. The molecule has 0 saturated carbocycles. The SMILES string of the molecule is Cl.O=C(O)OCc1ccc(Cl)cc1. The van der Waals surface area contributed by atoms with E-state index in [1.807, 2.05) is 0 Å². The first-order chi connectivity index (χ1) is 5.68. The number of rotatable bonds is 2. The van der Waals surface area contributed by atoms with Gasteiger partial charge in [-0.25, -0.2) is 4.79 Å². The van der Waals surface area contributed by atoms with E-state index in [1.165, 1.54) is 0 Å². The molecule has 0 aliphatic rings. The fourth-order valence-corrected chi connectivity index (χ4v) is 0.852. The molecule has 0 radical (unpaired) electrons. The Kier molecular flexibility index (Phi) is 5.26. The number of carbonyl (C=O) groups is 1. The molecule has 3 nitrogen and oxygen atoms in total. The van der Waals surface area contributed by atoms with Crippen LogP contribution in [0.25, 0.3) is 0 Å². The number of carboxylic acid groups (broad SMARTS) is 1. The van der Waals surface area contributed by atoms with Crippen molar-refractivity contribution in [1.82, 2.24) is 0 Å². The Labute approximate surface area is 86.7 Å². The molecule has 0 aromatic heterocycles. The summed E-state index contributed by atoms with van der Waals surface area (Å²) in [6, 6.07) is 6.79. The summed E-state index contributed by atoms with van der Waals surface area (Å²) in [4.78, 5) is 9.99. The van der Waals surface area contributed by atoms with Gasteiger partial charge in [0.2, 0.25) is 0 Å². The molecule has 0 saturated heterocycles. The Morgan fingerprint density at radius 2 is 1.92 bits per heavy atom. The van der Waals surface area contributed by atoms with Gasteiger partial charge in [0.1, 0.15) is 6.61 Å². The molecule has 0 atom stereocenters. The molecule has 0 bridgehead atoms. The summed E-state index contributed by atoms with van der Waals surface area (Å²) in [7, 11) is 0. The molecule has 0 aliphatic heterocycles. The third-order valence-corrected chi connectivity index (χ3v) is 1.53. The van der Waals surface area contributed by atoms with E-state index in [0.717, 1.165) is 5.56 Å². The van der Waals surface area contributed by atoms with Crippen LogP contribution in [0.15, 0.2) is 24.3 Å². The maximum Gasteiger partial charge on any atom is 0.506 e. The van der Waals surface area contributed by atoms with Gasteiger partial charge < -0.3 is 9.84 Å². The lowest BCUT2D eigenvalue weighted by atomic mass is 10.2. The zero-order valence-electron chi connectivity index (χ0n) is 6.57. The number of hydrogen-bond acceptors (Lipinski definition) is 2. The lowest BCUT2D eigenvalue weighted by molar-refractivity contribution is 0.0854. The topological polar surface area (TPSA) is 46.5 Å². The Morgan fingerprint density at radius 3 is 2.38 bits per heavy atom. The largest absolute Gasteiger partial charge is 0.506 e. The molecule has 1 aromatic carbocycles. The highest BCUT2D eigenvalue weighted by molar-refractivity contribution is 6.30. The highest BCUT2D eigenvalue weighted by Gasteiger charge is 1.97. The summed E-state index contributed by atoms with van der Waals surface area (Å²) >= 11 is 5.62. The van der Waals surface area contributed by atoms with Crippen LogP contribution >= 0.6 is 24.0 Å². The zero-order chi connectivity index (χ0) is 8.97. The highest BCUT2D eigenvalue weighted by atomic mass is 35.5. The fourth-order valence-electron chi connectivity index (χ4n) is 0.726. The van der Waals surface area contributed by atoms with E-state index in [0.29, 0.717) is 5.02 Å². The van der Waals surface area contributed by atoms with E-state index in [4.69, 9.17) is 16.7 Å². The normalized spacial score (nSPS) is 8.69. The van der Waals surface area contributed by atoms with E-state index in [1.54, 1.807) is 24.3 Å². The second-order valence-corrected chi connectivity index (χ2v) is 2.62. The van der Waals surface area contributed by atoms with Gasteiger partial charge in [-0.3, -0.25) is 0 Å². The van der Waals surface area contributed by atoms with Gasteiger partial charge in [-0.05, 0) is 17.7 Å². The Bertz CT molecular complexity index is 271. The van der Waals surface area contributed by atoms with Crippen LogP contribution in [0.2, 0.25) is 5.02 Å². The van der Waals surface area contributed by atoms with Crippen molar-refractivity contribution in [1.29, 1.82) is 0 Å². The Balaban J connectivity index is 0.00000144. The number of halogens is 2. The molecule has 5 heteroatoms. The van der Waals surface area contributed by atoms with E-state index in [2.05, 4.69) is 4.74 Å². The highest BCUT2D eigenvalue weighted by Crippen LogP contribution is 2.09. The van der Waals surface area contributed by atoms with Crippen LogP contribution in [0.4, 0.5) is 4.79 Å². The van der Waals surface area contributed by atoms with Gasteiger partial charge in [0.15, 0.2) is 0 Å². The molecule has 0 spiro atoms. The van der Waals surface area contributed by atoms with Crippen LogP contribution in [-0.4, -0.2) is 11.3 Å². The Hall–Kier alpha value is -0.930. The van der Waals surface area contributed by atoms with Crippen LogP contribution < -0.4 is 0 Å². The molecule has 72 valence electrons. The van der Waals surface area contributed by atoms with E-state index in [-0.39, 0.29) is 19.0 Å². The van der Waals surface area contributed by atoms with Crippen LogP contribution in [0.5, 0.6) is 0 Å². The van der Waals surface area contributed by atoms with Crippen LogP contribution in [0.1, 0.15) is 5.56 Å². The standard InChI is InChI=1S/C8H7ClO3.ClH/c9-7-3-1-6(2-4-7)5-12-8(10)11;/h1-4H,5H2,(H,10,11);1H. The van der Waals surface area contributed by atoms with Crippen LogP contribution in [0, 0.1) is 0 Å². The summed E-state index contributed by atoms with van der Waals surface area (Å²) < 4.78 is 4.34. The average molecular weight is 223 g/mol. The minimum atomic E-state index is -1.27. The van der Waals surface area contributed by atoms with Crippen molar-refractivity contribution in [2.75, 3.05) is 0 Å². The van der Waals surface area contributed by atoms with E-state index >= 15 is 0 Å². The van der Waals surface area contributed by atoms with Gasteiger partial charge >= 0.3 is 6.16 Å². The summed E-state index contributed by atoms with van der Waals surface area (Å²) in [6.07, 6.45) is -1.27. The Morgan fingerprint density at radius 1 is 1.38 bits per heavy atom. The molecular formula is C8H8Cl2O3. The summed E-state index contributed by atoms with van der Waals surface area (Å²) in [5.41, 5.74) is 0.779. The third kappa shape index (κ3) is 4.60. The van der Waals surface area contributed by atoms with Crippen molar-refractivity contribution < 1.29 is 14.6 Å². The molecule has 13 heavy (non-hydrogen) atoms. The van der Waals surface area contributed by atoms with Gasteiger partial charge in [-0.15, -0.1) is 12.4 Å². The van der Waals surface area contributed by atoms with Gasteiger partial charge in [-0.2, -0.15) is 0 Å². The maximum atomic E-state index is 9.99. The van der Waals surface area contributed by atoms with Crippen molar-refractivity contribution >= 4 is 30.2 Å². The van der Waals surface area contributed by atoms with Crippen molar-refractivity contribution in [3.63, 3.8) is 0 Å². The monoisotopic (exact) mass is 222 g/mol. The predicted octanol–water partition coefficient (Wildman–Crippen LogP) is 2.96. The van der Waals surface area contributed by atoms with Crippen LogP contribution in [-0.2, 0) is 11.3 Å². The second kappa shape index (κ2) is 5.67. The predicted molar refractivity (Wildman–Crippen MR) is 51.5 cm³/mol. The summed E-state index contributed by atoms with van der Waals surface area (Å²) in [5, 5.41) is 8.80. The van der Waals surface area contributed by atoms with Crippen molar-refractivity contribution in [3.05, 3.63) is 34.9 Å². The number of ether oxygens (including phenoxy) is 1. The molecule has 0 fully saturated rings. The molecule has 0 heterocycles. The first-order valence-electron chi connectivity index (χ1n) is 3.28. The fraction of sp³-hybridized carbons (Fsp3) is 0.125. The molecule has 1 rings (SSSR count). The van der Waals surface area contributed by atoms with Crippen molar-refractivity contribution in [2.45, 2.75) is 6.61 Å². The summed E-state index contributed by atoms with van der Waals surface area (Å²) in [5.74, 6) is 0. The van der Waals surface area contributed by atoms with E-state index in [9.17, 15) is 4.79 Å². The minimum absolute atomic E-state index is 0. The molecule has 0 unspecified atom stereocenters. The molecule has 0 amide bonds. The van der Waals surface area contributed by atoms with Gasteiger partial charge in [0.25, 0.3) is 0 Å². The second-order valence-electron chi connectivity index (χ2n) is 2.18. The molecular weight excluding hydrogens is 215 g/mol. The number of hydrogen-bond donors (Lipinski definition) is 1. The number of benzene rings is 1.